The van der Waals surface area contributed by atoms with Crippen LogP contribution in [0.2, 0.25) is 0 Å². The zero-order chi connectivity index (χ0) is 14.5. The smallest absolute Gasteiger partial charge is 0.254 e. The molecular formula is C14H22ClN3O2S. The van der Waals surface area contributed by atoms with Crippen LogP contribution in [0.5, 0.6) is 0 Å². The van der Waals surface area contributed by atoms with Crippen molar-refractivity contribution < 1.29 is 9.59 Å². The van der Waals surface area contributed by atoms with Gasteiger partial charge in [0.15, 0.2) is 0 Å². The van der Waals surface area contributed by atoms with Gasteiger partial charge in [0.05, 0.1) is 11.5 Å². The van der Waals surface area contributed by atoms with Gasteiger partial charge in [-0.05, 0) is 30.7 Å². The first-order chi connectivity index (χ1) is 9.63. The number of carbonyl (C=O) groups is 2. The minimum atomic E-state index is -0.113. The minimum absolute atomic E-state index is 0. The van der Waals surface area contributed by atoms with E-state index in [1.54, 1.807) is 4.90 Å². The molecule has 1 aliphatic heterocycles. The molecule has 0 saturated carbocycles. The van der Waals surface area contributed by atoms with Crippen LogP contribution in [-0.2, 0) is 4.79 Å². The number of nitrogens with two attached hydrogens (primary N) is 1. The van der Waals surface area contributed by atoms with E-state index in [-0.39, 0.29) is 30.1 Å². The molecule has 1 aromatic rings. The molecule has 1 aliphatic rings. The first kappa shape index (κ1) is 17.9. The van der Waals surface area contributed by atoms with Gasteiger partial charge >= 0.3 is 0 Å². The predicted molar refractivity (Wildman–Crippen MR) is 87.0 cm³/mol. The normalized spacial score (nSPS) is 18.0. The number of amides is 2. The van der Waals surface area contributed by atoms with Crippen molar-refractivity contribution in [2.45, 2.75) is 19.8 Å². The molecule has 118 valence electrons. The summed E-state index contributed by atoms with van der Waals surface area (Å²) in [6, 6.07) is 0. The van der Waals surface area contributed by atoms with E-state index in [1.165, 1.54) is 11.3 Å². The standard InChI is InChI=1S/C14H21N3O2S.ClH/c1-10-8-20-9-12(10)14(19)17-6-2-3-11(7-17)13(18)16-5-4-15;/h8-9,11H,2-7,15H2,1H3,(H,16,18);1H. The summed E-state index contributed by atoms with van der Waals surface area (Å²) in [5.41, 5.74) is 7.16. The SMILES string of the molecule is Cc1cscc1C(=O)N1CCCC(C(=O)NCCN)C1.Cl. The molecule has 1 unspecified atom stereocenters. The number of nitrogens with one attached hydrogen (secondary N) is 1. The summed E-state index contributed by atoms with van der Waals surface area (Å²) in [4.78, 5) is 26.2. The summed E-state index contributed by atoms with van der Waals surface area (Å²) in [5.74, 6) is -0.0618. The zero-order valence-corrected chi connectivity index (χ0v) is 13.8. The van der Waals surface area contributed by atoms with Gasteiger partial charge in [0, 0.05) is 31.6 Å². The lowest BCUT2D eigenvalue weighted by Crippen LogP contribution is -2.46. The Labute approximate surface area is 135 Å². The maximum absolute atomic E-state index is 12.4. The van der Waals surface area contributed by atoms with Crippen molar-refractivity contribution in [3.8, 4) is 0 Å². The molecule has 1 atom stereocenters. The minimum Gasteiger partial charge on any atom is -0.355 e. The lowest BCUT2D eigenvalue weighted by atomic mass is 9.96. The van der Waals surface area contributed by atoms with Crippen molar-refractivity contribution >= 4 is 35.6 Å². The van der Waals surface area contributed by atoms with Gasteiger partial charge in [-0.1, -0.05) is 0 Å². The van der Waals surface area contributed by atoms with Crippen molar-refractivity contribution in [3.05, 3.63) is 21.9 Å². The van der Waals surface area contributed by atoms with Gasteiger partial charge in [-0.25, -0.2) is 0 Å². The number of carbonyl (C=O) groups excluding carboxylic acids is 2. The number of piperidine rings is 1. The van der Waals surface area contributed by atoms with E-state index < -0.39 is 0 Å². The highest BCUT2D eigenvalue weighted by molar-refractivity contribution is 7.08. The molecule has 1 saturated heterocycles. The highest BCUT2D eigenvalue weighted by atomic mass is 35.5. The van der Waals surface area contributed by atoms with E-state index in [4.69, 9.17) is 5.73 Å². The van der Waals surface area contributed by atoms with Gasteiger partial charge in [0.2, 0.25) is 5.91 Å². The summed E-state index contributed by atoms with van der Waals surface area (Å²) >= 11 is 1.54. The molecule has 0 aliphatic carbocycles. The number of nitrogens with zero attached hydrogens (tertiary/aromatic N) is 1. The molecular weight excluding hydrogens is 310 g/mol. The van der Waals surface area contributed by atoms with Crippen LogP contribution in [0.4, 0.5) is 0 Å². The number of aryl methyl sites for hydroxylation is 1. The van der Waals surface area contributed by atoms with Crippen LogP contribution in [0.1, 0.15) is 28.8 Å². The maximum Gasteiger partial charge on any atom is 0.254 e. The second kappa shape index (κ2) is 8.36. The Hall–Kier alpha value is -1.11. The molecule has 0 aromatic carbocycles. The van der Waals surface area contributed by atoms with E-state index in [0.717, 1.165) is 30.5 Å². The van der Waals surface area contributed by atoms with Gasteiger partial charge in [0.1, 0.15) is 0 Å². The number of hydrogen-bond acceptors (Lipinski definition) is 4. The van der Waals surface area contributed by atoms with Crippen molar-refractivity contribution in [3.63, 3.8) is 0 Å². The van der Waals surface area contributed by atoms with E-state index in [1.807, 2.05) is 17.7 Å². The Morgan fingerprint density at radius 1 is 1.48 bits per heavy atom. The van der Waals surface area contributed by atoms with Crippen LogP contribution in [0, 0.1) is 12.8 Å². The van der Waals surface area contributed by atoms with Crippen molar-refractivity contribution in [2.75, 3.05) is 26.2 Å². The lowest BCUT2D eigenvalue weighted by Gasteiger charge is -2.32. The summed E-state index contributed by atoms with van der Waals surface area (Å²) in [7, 11) is 0. The molecule has 2 amide bonds. The Balaban J connectivity index is 0.00000220. The summed E-state index contributed by atoms with van der Waals surface area (Å²) in [5, 5.41) is 6.67. The number of hydrogen-bond donors (Lipinski definition) is 2. The van der Waals surface area contributed by atoms with Gasteiger partial charge in [-0.3, -0.25) is 9.59 Å². The lowest BCUT2D eigenvalue weighted by molar-refractivity contribution is -0.126. The molecule has 3 N–H and O–H groups in total. The molecule has 1 fully saturated rings. The number of halogens is 1. The molecule has 0 bridgehead atoms. The largest absolute Gasteiger partial charge is 0.355 e. The third kappa shape index (κ3) is 4.43. The highest BCUT2D eigenvalue weighted by Crippen LogP contribution is 2.21. The maximum atomic E-state index is 12.4. The fourth-order valence-electron chi connectivity index (χ4n) is 2.47. The Bertz CT molecular complexity index is 492. The van der Waals surface area contributed by atoms with Crippen LogP contribution in [0.3, 0.4) is 0 Å². The van der Waals surface area contributed by atoms with E-state index in [2.05, 4.69) is 5.32 Å². The molecule has 5 nitrogen and oxygen atoms in total. The third-order valence-electron chi connectivity index (χ3n) is 3.61. The second-order valence-corrected chi connectivity index (χ2v) is 5.88. The van der Waals surface area contributed by atoms with E-state index in [9.17, 15) is 9.59 Å². The van der Waals surface area contributed by atoms with Crippen LogP contribution >= 0.6 is 23.7 Å². The average Bonchev–Trinajstić information content (AvgIpc) is 2.90. The third-order valence-corrected chi connectivity index (χ3v) is 4.47. The number of thiophene rings is 1. The monoisotopic (exact) mass is 331 g/mol. The molecule has 2 heterocycles. The van der Waals surface area contributed by atoms with E-state index in [0.29, 0.717) is 19.6 Å². The van der Waals surface area contributed by atoms with Crippen molar-refractivity contribution in [1.29, 1.82) is 0 Å². The van der Waals surface area contributed by atoms with Gasteiger partial charge in [0.25, 0.3) is 5.91 Å². The molecule has 1 aromatic heterocycles. The Morgan fingerprint density at radius 3 is 2.86 bits per heavy atom. The summed E-state index contributed by atoms with van der Waals surface area (Å²) in [6.07, 6.45) is 1.71. The second-order valence-electron chi connectivity index (χ2n) is 5.14. The molecule has 7 heteroatoms. The fourth-order valence-corrected chi connectivity index (χ4v) is 3.29. The quantitative estimate of drug-likeness (QED) is 0.875. The van der Waals surface area contributed by atoms with Crippen molar-refractivity contribution in [2.24, 2.45) is 11.7 Å². The Morgan fingerprint density at radius 2 is 2.24 bits per heavy atom. The van der Waals surface area contributed by atoms with Crippen LogP contribution < -0.4 is 11.1 Å². The fraction of sp³-hybridized carbons (Fsp3) is 0.571. The van der Waals surface area contributed by atoms with Crippen molar-refractivity contribution in [1.82, 2.24) is 10.2 Å². The number of rotatable bonds is 4. The molecule has 21 heavy (non-hydrogen) atoms. The van der Waals surface area contributed by atoms with Gasteiger partial charge < -0.3 is 16.0 Å². The Kier molecular flexibility index (Phi) is 7.14. The molecule has 0 spiro atoms. The van der Waals surface area contributed by atoms with Crippen LogP contribution in [-0.4, -0.2) is 42.9 Å². The first-order valence-electron chi connectivity index (χ1n) is 6.93. The molecule has 2 rings (SSSR count). The van der Waals surface area contributed by atoms with Crippen LogP contribution in [0.25, 0.3) is 0 Å². The highest BCUT2D eigenvalue weighted by Gasteiger charge is 2.29. The summed E-state index contributed by atoms with van der Waals surface area (Å²) in [6.45, 7) is 4.11. The predicted octanol–water partition coefficient (Wildman–Crippen LogP) is 1.41. The zero-order valence-electron chi connectivity index (χ0n) is 12.1. The average molecular weight is 332 g/mol. The topological polar surface area (TPSA) is 75.4 Å². The van der Waals surface area contributed by atoms with Gasteiger partial charge in [-0.2, -0.15) is 11.3 Å². The first-order valence-corrected chi connectivity index (χ1v) is 7.87. The van der Waals surface area contributed by atoms with E-state index >= 15 is 0 Å². The van der Waals surface area contributed by atoms with Crippen LogP contribution in [0.15, 0.2) is 10.8 Å². The summed E-state index contributed by atoms with van der Waals surface area (Å²) < 4.78 is 0. The number of likely N-dealkylation sites (tertiary alicyclic amines) is 1. The molecule has 0 radical (unpaired) electrons. The van der Waals surface area contributed by atoms with Gasteiger partial charge in [-0.15, -0.1) is 12.4 Å².